The quantitative estimate of drug-likeness (QED) is 0.125. The summed E-state index contributed by atoms with van der Waals surface area (Å²) in [5.74, 6) is 11.9. The number of carbonyl (C=O) groups excluding carboxylic acids is 2. The van der Waals surface area contributed by atoms with E-state index in [1.54, 1.807) is 36.7 Å². The van der Waals surface area contributed by atoms with Gasteiger partial charge in [0.1, 0.15) is 5.82 Å². The predicted octanol–water partition coefficient (Wildman–Crippen LogP) is -2.12. The predicted molar refractivity (Wildman–Crippen MR) is 166 cm³/mol. The fourth-order valence-electron chi connectivity index (χ4n) is 7.96. The van der Waals surface area contributed by atoms with E-state index in [4.69, 9.17) is 10.7 Å². The van der Waals surface area contributed by atoms with E-state index < -0.39 is 0 Å². The van der Waals surface area contributed by atoms with Crippen molar-refractivity contribution in [3.63, 3.8) is 0 Å². The number of likely N-dealkylation sites (tertiary alicyclic amines) is 1. The minimum absolute atomic E-state index is 0.0467. The van der Waals surface area contributed by atoms with Crippen LogP contribution >= 0.6 is 0 Å². The molecule has 3 saturated carbocycles. The molecular formula is C35H33I2N7O2-2. The first-order chi connectivity index (χ1) is 22.5. The van der Waals surface area contributed by atoms with Gasteiger partial charge in [-0.05, 0) is 12.1 Å². The summed E-state index contributed by atoms with van der Waals surface area (Å²) in [6.45, 7) is 0.665. The summed E-state index contributed by atoms with van der Waals surface area (Å²) in [6.07, 6.45) is 9.84. The van der Waals surface area contributed by atoms with Gasteiger partial charge < -0.3 is 5.32 Å². The van der Waals surface area contributed by atoms with Crippen LogP contribution in [0.2, 0.25) is 0 Å². The van der Waals surface area contributed by atoms with Crippen LogP contribution in [0.5, 0.6) is 0 Å². The Hall–Kier alpha value is -3.25. The van der Waals surface area contributed by atoms with Crippen molar-refractivity contribution >= 4 is 29.0 Å². The third kappa shape index (κ3) is 4.98. The number of anilines is 2. The fourth-order valence-corrected chi connectivity index (χ4v) is 15.7. The monoisotopic (exact) mass is 837 g/mol. The Balaban J connectivity index is 0.893. The molecule has 0 radical (unpaired) electrons. The zero-order valence-electron chi connectivity index (χ0n) is 25.0. The molecule has 8 atom stereocenters. The van der Waals surface area contributed by atoms with Crippen LogP contribution in [0, 0.1) is 35.5 Å². The number of benzene rings is 1. The van der Waals surface area contributed by atoms with Gasteiger partial charge >= 0.3 is 233 Å². The number of nitrogens with one attached hydrogen (secondary N) is 1. The van der Waals surface area contributed by atoms with E-state index in [9.17, 15) is 9.59 Å². The first kappa shape index (κ1) is 28.9. The number of hydrogen-bond donors (Lipinski definition) is 2. The molecule has 5 fully saturated rings. The number of nitrogens with two attached hydrogens (primary N) is 1. The van der Waals surface area contributed by atoms with Gasteiger partial charge in [-0.1, -0.05) is 6.07 Å². The number of carbonyl (C=O) groups is 2. The average molecular weight is 838 g/mol. The standard InChI is InChI=1S/C35H33I2N7O2/c38-33-32-31(19-8-10-20(11-9-19)35(46)41-26-6-1-2-13-39-26)42-34(44(32)16-14-40-33)25-5-4-15-43(25)27(45)7-3-12-36-24-18-21(24)22-17-23-28(22)30-29(23)37-30/h1-2,6,8-11,13-14,16,21-25,28-30H,4-5,12,15,17-18H2,(H2,38,40)(H,39,41,46)/q-2/t21?,22?,23?,24?,25-,28?,29?,30?/m0/s1. The summed E-state index contributed by atoms with van der Waals surface area (Å²) in [6, 6.07) is 12.4. The number of hydrogen-bond acceptors (Lipinski definition) is 6. The Morgan fingerprint density at radius 3 is 2.76 bits per heavy atom. The third-order valence-electron chi connectivity index (χ3n) is 10.4. The zero-order chi connectivity index (χ0) is 30.9. The second kappa shape index (κ2) is 11.5. The second-order valence-electron chi connectivity index (χ2n) is 12.9. The molecule has 3 aromatic heterocycles. The third-order valence-corrected chi connectivity index (χ3v) is 18.0. The van der Waals surface area contributed by atoms with Crippen LogP contribution in [-0.2, 0) is 4.79 Å². The Morgan fingerprint density at radius 1 is 1.04 bits per heavy atom. The number of amides is 2. The van der Waals surface area contributed by atoms with Crippen molar-refractivity contribution in [3.8, 4) is 23.1 Å². The van der Waals surface area contributed by atoms with Crippen LogP contribution in [0.1, 0.15) is 47.9 Å². The first-order valence-corrected chi connectivity index (χ1v) is 21.3. The number of nitrogen functional groups attached to an aromatic ring is 1. The van der Waals surface area contributed by atoms with Gasteiger partial charge in [0.25, 0.3) is 5.91 Å². The number of halogens is 2. The second-order valence-corrected chi connectivity index (χ2v) is 19.8. The van der Waals surface area contributed by atoms with Gasteiger partial charge in [-0.3, -0.25) is 4.79 Å². The number of rotatable bonds is 7. The molecular weight excluding hydrogens is 804 g/mol. The van der Waals surface area contributed by atoms with E-state index in [2.05, 4.69) is 27.1 Å². The molecule has 1 aromatic carbocycles. The van der Waals surface area contributed by atoms with E-state index in [1.165, 1.54) is 20.7 Å². The Kier molecular flexibility index (Phi) is 7.21. The molecule has 9 rings (SSSR count). The van der Waals surface area contributed by atoms with E-state index in [0.717, 1.165) is 56.3 Å². The number of nitrogens with zero attached hydrogens (tertiary/aromatic N) is 5. The Labute approximate surface area is 288 Å². The summed E-state index contributed by atoms with van der Waals surface area (Å²) in [7, 11) is 0. The number of fused-ring (bicyclic) bond motifs is 5. The maximum absolute atomic E-state index is 13.4. The van der Waals surface area contributed by atoms with E-state index >= 15 is 0 Å². The molecule has 2 saturated heterocycles. The van der Waals surface area contributed by atoms with Gasteiger partial charge in [0.05, 0.1) is 0 Å². The van der Waals surface area contributed by atoms with Gasteiger partial charge in [-0.15, -0.1) is 0 Å². The van der Waals surface area contributed by atoms with E-state index in [-0.39, 0.29) is 39.1 Å². The van der Waals surface area contributed by atoms with Crippen LogP contribution in [0.25, 0.3) is 16.8 Å². The van der Waals surface area contributed by atoms with Crippen molar-refractivity contribution in [1.82, 2.24) is 24.3 Å². The molecule has 236 valence electrons. The van der Waals surface area contributed by atoms with Crippen molar-refractivity contribution in [1.29, 1.82) is 0 Å². The normalized spacial score (nSPS) is 30.1. The SMILES string of the molecule is Nc1nccn2c([C@@H]3CCCN3C(=O)C#CC[I-]C3CC3C3CC4C5[I-]C5C34)nc(-c3ccc(C(=O)Nc4ccccn4)cc3)c12. The number of pyridine rings is 1. The summed E-state index contributed by atoms with van der Waals surface area (Å²) in [5, 5.41) is 2.81. The fraction of sp³-hybridized carbons (Fsp3) is 0.400. The molecule has 3 N–H and O–H groups in total. The van der Waals surface area contributed by atoms with Crippen LogP contribution in [0.4, 0.5) is 11.6 Å². The molecule has 11 heteroatoms. The van der Waals surface area contributed by atoms with E-state index in [1.807, 2.05) is 33.7 Å². The molecule has 2 amide bonds. The molecule has 2 aliphatic heterocycles. The van der Waals surface area contributed by atoms with Crippen molar-refractivity contribution in [2.75, 3.05) is 22.0 Å². The maximum atomic E-state index is 13.4. The van der Waals surface area contributed by atoms with Crippen LogP contribution in [0.15, 0.2) is 61.1 Å². The first-order valence-electron chi connectivity index (χ1n) is 16.0. The Bertz CT molecular complexity index is 1920. The van der Waals surface area contributed by atoms with Crippen LogP contribution < -0.4 is 53.5 Å². The van der Waals surface area contributed by atoms with E-state index in [0.29, 0.717) is 56.2 Å². The summed E-state index contributed by atoms with van der Waals surface area (Å²) in [5.41, 5.74) is 9.08. The molecule has 3 aliphatic carbocycles. The summed E-state index contributed by atoms with van der Waals surface area (Å²) in [4.78, 5) is 41.6. The minimum atomic E-state index is -0.246. The molecule has 0 spiro atoms. The van der Waals surface area contributed by atoms with Gasteiger partial charge in [0, 0.05) is 11.8 Å². The molecule has 5 aliphatic rings. The number of imidazole rings is 1. The van der Waals surface area contributed by atoms with Crippen molar-refractivity contribution < 1.29 is 52.0 Å². The van der Waals surface area contributed by atoms with Crippen LogP contribution in [0.3, 0.4) is 0 Å². The van der Waals surface area contributed by atoms with Gasteiger partial charge in [-0.2, -0.15) is 0 Å². The molecule has 5 heterocycles. The van der Waals surface area contributed by atoms with Gasteiger partial charge in [0.2, 0.25) is 0 Å². The van der Waals surface area contributed by atoms with Gasteiger partial charge in [-0.25, -0.2) is 4.98 Å². The van der Waals surface area contributed by atoms with Crippen molar-refractivity contribution in [2.24, 2.45) is 23.7 Å². The molecule has 7 unspecified atom stereocenters. The number of aromatic nitrogens is 4. The topological polar surface area (TPSA) is 119 Å². The molecule has 9 nitrogen and oxygen atoms in total. The van der Waals surface area contributed by atoms with Gasteiger partial charge in [0.15, 0.2) is 0 Å². The summed E-state index contributed by atoms with van der Waals surface area (Å²) >= 11 is 0.647. The molecule has 46 heavy (non-hydrogen) atoms. The van der Waals surface area contributed by atoms with Crippen molar-refractivity contribution in [3.05, 3.63) is 72.4 Å². The molecule has 4 aromatic rings. The zero-order valence-corrected chi connectivity index (χ0v) is 29.3. The van der Waals surface area contributed by atoms with Crippen LogP contribution in [-0.4, -0.2) is 58.8 Å². The average Bonchev–Trinajstić information content (AvgIpc) is 3.85. The molecule has 0 bridgehead atoms. The Morgan fingerprint density at radius 2 is 1.93 bits per heavy atom. The number of alkyl halides is 4. The summed E-state index contributed by atoms with van der Waals surface area (Å²) < 4.78 is 6.28. The van der Waals surface area contributed by atoms with Crippen molar-refractivity contribution in [2.45, 2.75) is 43.5 Å².